The van der Waals surface area contributed by atoms with Gasteiger partial charge in [-0.2, -0.15) is 0 Å². The first-order valence-corrected chi connectivity index (χ1v) is 5.50. The molecule has 0 unspecified atom stereocenters. The van der Waals surface area contributed by atoms with Crippen molar-refractivity contribution < 1.29 is 5.11 Å². The molecule has 0 fully saturated rings. The van der Waals surface area contributed by atoms with Gasteiger partial charge in [0.05, 0.1) is 0 Å². The summed E-state index contributed by atoms with van der Waals surface area (Å²) in [7, 11) is 0. The van der Waals surface area contributed by atoms with Gasteiger partial charge in [-0.05, 0) is 36.1 Å². The zero-order valence-corrected chi connectivity index (χ0v) is 9.44. The molecule has 0 aliphatic rings. The third-order valence-electron chi connectivity index (χ3n) is 2.50. The molecule has 0 atom stereocenters. The topological polar surface area (TPSA) is 42.2 Å². The normalized spacial score (nSPS) is 10.9. The molecule has 0 saturated carbocycles. The van der Waals surface area contributed by atoms with Crippen molar-refractivity contribution in [1.29, 1.82) is 0 Å². The van der Waals surface area contributed by atoms with Crippen molar-refractivity contribution in [3.05, 3.63) is 45.8 Å². The number of hydrogen-bond acceptors (Lipinski definition) is 2. The maximum absolute atomic E-state index is 12.0. The Morgan fingerprint density at radius 2 is 2.12 bits per heavy atom. The zero-order chi connectivity index (χ0) is 11.5. The van der Waals surface area contributed by atoms with E-state index in [1.807, 2.05) is 6.07 Å². The first-order chi connectivity index (χ1) is 7.72. The number of pyridine rings is 1. The van der Waals surface area contributed by atoms with Gasteiger partial charge in [0.25, 0.3) is 5.56 Å². The van der Waals surface area contributed by atoms with Crippen molar-refractivity contribution in [3.63, 3.8) is 0 Å². The molecule has 0 aliphatic carbocycles. The molecule has 1 N–H and O–H groups in total. The van der Waals surface area contributed by atoms with Gasteiger partial charge in [-0.15, -0.1) is 0 Å². The standard InChI is InChI=1S/C12H12ClNO2/c13-10-2-3-11-9(8-10)4-6-14(12(11)16)5-1-7-15/h2-4,6,8,15H,1,5,7H2. The van der Waals surface area contributed by atoms with E-state index < -0.39 is 0 Å². The second-order valence-corrected chi connectivity index (χ2v) is 4.06. The summed E-state index contributed by atoms with van der Waals surface area (Å²) in [5, 5.41) is 10.9. The average Bonchev–Trinajstić information content (AvgIpc) is 2.28. The smallest absolute Gasteiger partial charge is 0.258 e. The van der Waals surface area contributed by atoms with Crippen molar-refractivity contribution in [1.82, 2.24) is 4.57 Å². The number of aliphatic hydroxyl groups excluding tert-OH is 1. The molecule has 0 spiro atoms. The second kappa shape index (κ2) is 4.68. The minimum absolute atomic E-state index is 0.0392. The summed E-state index contributed by atoms with van der Waals surface area (Å²) >= 11 is 5.85. The Kier molecular flexibility index (Phi) is 3.27. The molecule has 4 heteroatoms. The van der Waals surface area contributed by atoms with Crippen LogP contribution in [-0.4, -0.2) is 16.3 Å². The molecule has 0 bridgehead atoms. The van der Waals surface area contributed by atoms with Crippen LogP contribution < -0.4 is 5.56 Å². The maximum Gasteiger partial charge on any atom is 0.258 e. The number of hydrogen-bond donors (Lipinski definition) is 1. The highest BCUT2D eigenvalue weighted by Gasteiger charge is 2.02. The van der Waals surface area contributed by atoms with Crippen molar-refractivity contribution in [2.24, 2.45) is 0 Å². The largest absolute Gasteiger partial charge is 0.396 e. The molecule has 1 aromatic heterocycles. The summed E-state index contributed by atoms with van der Waals surface area (Å²) in [5.41, 5.74) is -0.0392. The van der Waals surface area contributed by atoms with E-state index in [0.717, 1.165) is 5.39 Å². The number of fused-ring (bicyclic) bond motifs is 1. The summed E-state index contributed by atoms with van der Waals surface area (Å²) in [6.07, 6.45) is 2.32. The van der Waals surface area contributed by atoms with Gasteiger partial charge < -0.3 is 9.67 Å². The van der Waals surface area contributed by atoms with E-state index in [0.29, 0.717) is 23.4 Å². The van der Waals surface area contributed by atoms with Crippen LogP contribution >= 0.6 is 11.6 Å². The number of halogens is 1. The van der Waals surface area contributed by atoms with Crippen LogP contribution in [0.25, 0.3) is 10.8 Å². The third-order valence-corrected chi connectivity index (χ3v) is 2.73. The van der Waals surface area contributed by atoms with E-state index in [-0.39, 0.29) is 12.2 Å². The van der Waals surface area contributed by atoms with E-state index >= 15 is 0 Å². The van der Waals surface area contributed by atoms with Crippen LogP contribution in [0.2, 0.25) is 5.02 Å². The van der Waals surface area contributed by atoms with Crippen molar-refractivity contribution >= 4 is 22.4 Å². The van der Waals surface area contributed by atoms with E-state index in [9.17, 15) is 4.79 Å². The van der Waals surface area contributed by atoms with Crippen LogP contribution in [0.4, 0.5) is 0 Å². The van der Waals surface area contributed by atoms with E-state index in [1.54, 1.807) is 29.0 Å². The fraction of sp³-hybridized carbons (Fsp3) is 0.250. The number of benzene rings is 1. The molecule has 0 aliphatic heterocycles. The summed E-state index contributed by atoms with van der Waals surface area (Å²) in [5.74, 6) is 0. The van der Waals surface area contributed by atoms with Crippen LogP contribution in [-0.2, 0) is 6.54 Å². The van der Waals surface area contributed by atoms with Gasteiger partial charge in [-0.1, -0.05) is 11.6 Å². The number of nitrogens with zero attached hydrogens (tertiary/aromatic N) is 1. The second-order valence-electron chi connectivity index (χ2n) is 3.62. The third kappa shape index (κ3) is 2.10. The molecule has 84 valence electrons. The van der Waals surface area contributed by atoms with Crippen LogP contribution in [0.1, 0.15) is 6.42 Å². The SMILES string of the molecule is O=c1c2ccc(Cl)cc2ccn1CCCO. The van der Waals surface area contributed by atoms with Gasteiger partial charge in [0.2, 0.25) is 0 Å². The average molecular weight is 238 g/mol. The summed E-state index contributed by atoms with van der Waals surface area (Å²) in [6, 6.07) is 7.08. The lowest BCUT2D eigenvalue weighted by Crippen LogP contribution is -2.19. The highest BCUT2D eigenvalue weighted by Crippen LogP contribution is 2.16. The van der Waals surface area contributed by atoms with Crippen LogP contribution in [0.15, 0.2) is 35.3 Å². The Morgan fingerprint density at radius 1 is 1.31 bits per heavy atom. The molecule has 1 heterocycles. The Balaban J connectivity index is 2.53. The van der Waals surface area contributed by atoms with Crippen LogP contribution in [0.3, 0.4) is 0 Å². The lowest BCUT2D eigenvalue weighted by atomic mass is 10.2. The summed E-state index contributed by atoms with van der Waals surface area (Å²) in [4.78, 5) is 12.0. The molecule has 0 radical (unpaired) electrons. The summed E-state index contributed by atoms with van der Waals surface area (Å²) in [6.45, 7) is 0.624. The Labute approximate surface area is 97.9 Å². The van der Waals surface area contributed by atoms with Gasteiger partial charge in [0.1, 0.15) is 0 Å². The van der Waals surface area contributed by atoms with Gasteiger partial charge in [-0.25, -0.2) is 0 Å². The van der Waals surface area contributed by atoms with Gasteiger partial charge in [-0.3, -0.25) is 4.79 Å². The predicted octanol–water partition coefficient (Wildman–Crippen LogP) is 2.04. The lowest BCUT2D eigenvalue weighted by molar-refractivity contribution is 0.279. The van der Waals surface area contributed by atoms with E-state index in [4.69, 9.17) is 16.7 Å². The van der Waals surface area contributed by atoms with Gasteiger partial charge in [0.15, 0.2) is 0 Å². The van der Waals surface area contributed by atoms with Gasteiger partial charge in [0, 0.05) is 29.8 Å². The minimum Gasteiger partial charge on any atom is -0.396 e. The highest BCUT2D eigenvalue weighted by atomic mass is 35.5. The van der Waals surface area contributed by atoms with Crippen molar-refractivity contribution in [2.75, 3.05) is 6.61 Å². The first-order valence-electron chi connectivity index (χ1n) is 5.12. The number of rotatable bonds is 3. The Bertz CT molecular complexity index is 562. The minimum atomic E-state index is -0.0392. The van der Waals surface area contributed by atoms with Crippen LogP contribution in [0.5, 0.6) is 0 Å². The number of aliphatic hydroxyl groups is 1. The molecule has 0 amide bonds. The highest BCUT2D eigenvalue weighted by molar-refractivity contribution is 6.31. The molecule has 2 aromatic rings. The Morgan fingerprint density at radius 3 is 2.88 bits per heavy atom. The van der Waals surface area contributed by atoms with Crippen LogP contribution in [0, 0.1) is 0 Å². The predicted molar refractivity (Wildman–Crippen MR) is 64.9 cm³/mol. The molecule has 16 heavy (non-hydrogen) atoms. The zero-order valence-electron chi connectivity index (χ0n) is 8.69. The molecule has 3 nitrogen and oxygen atoms in total. The fourth-order valence-corrected chi connectivity index (χ4v) is 1.86. The first kappa shape index (κ1) is 11.2. The number of aromatic nitrogens is 1. The van der Waals surface area contributed by atoms with Crippen molar-refractivity contribution in [2.45, 2.75) is 13.0 Å². The number of aryl methyl sites for hydroxylation is 1. The fourth-order valence-electron chi connectivity index (χ4n) is 1.68. The molecular weight excluding hydrogens is 226 g/mol. The molecule has 0 saturated heterocycles. The van der Waals surface area contributed by atoms with Crippen molar-refractivity contribution in [3.8, 4) is 0 Å². The van der Waals surface area contributed by atoms with Gasteiger partial charge >= 0.3 is 0 Å². The summed E-state index contributed by atoms with van der Waals surface area (Å²) < 4.78 is 1.60. The van der Waals surface area contributed by atoms with E-state index in [2.05, 4.69) is 0 Å². The molecule has 2 rings (SSSR count). The van der Waals surface area contributed by atoms with E-state index in [1.165, 1.54) is 0 Å². The lowest BCUT2D eigenvalue weighted by Gasteiger charge is -2.06. The monoisotopic (exact) mass is 237 g/mol. The molecule has 1 aromatic carbocycles. The quantitative estimate of drug-likeness (QED) is 0.888. The molecular formula is C12H12ClNO2. The Hall–Kier alpha value is -1.32. The maximum atomic E-state index is 12.0.